The standard InChI is InChI=1S/C21H20N2O6/c1-3-27-15-10-11-18(28-4-2)17(13-15)23-20(25)16(19(24)22-21(23)26)9-5-7-14-8-6-12-29-14/h5-13H,3-4H2,1-2H3,(H,22,24,26). The number of ether oxygens (including phenoxy) is 2. The maximum atomic E-state index is 13.0. The number of furan rings is 1. The van der Waals surface area contributed by atoms with Gasteiger partial charge >= 0.3 is 6.03 Å². The molecule has 0 saturated carbocycles. The highest BCUT2D eigenvalue weighted by atomic mass is 16.5. The number of nitrogens with zero attached hydrogens (tertiary/aromatic N) is 1. The molecule has 0 bridgehead atoms. The van der Waals surface area contributed by atoms with Crippen LogP contribution in [0.2, 0.25) is 0 Å². The Morgan fingerprint density at radius 2 is 1.90 bits per heavy atom. The zero-order valence-electron chi connectivity index (χ0n) is 16.0. The predicted molar refractivity (Wildman–Crippen MR) is 106 cm³/mol. The molecule has 0 radical (unpaired) electrons. The Labute approximate surface area is 167 Å². The van der Waals surface area contributed by atoms with Gasteiger partial charge in [-0.05, 0) is 50.3 Å². The molecule has 2 heterocycles. The molecule has 1 N–H and O–H groups in total. The number of allylic oxidation sites excluding steroid dienone is 2. The van der Waals surface area contributed by atoms with Gasteiger partial charge < -0.3 is 13.9 Å². The van der Waals surface area contributed by atoms with Gasteiger partial charge in [-0.15, -0.1) is 0 Å². The van der Waals surface area contributed by atoms with Crippen molar-refractivity contribution in [2.24, 2.45) is 0 Å². The van der Waals surface area contributed by atoms with Crippen LogP contribution in [0.3, 0.4) is 0 Å². The number of carbonyl (C=O) groups is 3. The van der Waals surface area contributed by atoms with E-state index in [0.717, 1.165) is 4.90 Å². The van der Waals surface area contributed by atoms with Gasteiger partial charge in [0.25, 0.3) is 11.8 Å². The number of nitrogens with one attached hydrogen (secondary N) is 1. The predicted octanol–water partition coefficient (Wildman–Crippen LogP) is 3.30. The third-order valence-electron chi connectivity index (χ3n) is 3.95. The van der Waals surface area contributed by atoms with Crippen LogP contribution >= 0.6 is 0 Å². The maximum absolute atomic E-state index is 13.0. The van der Waals surface area contributed by atoms with Gasteiger partial charge in [-0.2, -0.15) is 0 Å². The van der Waals surface area contributed by atoms with Crippen molar-refractivity contribution in [3.05, 3.63) is 60.1 Å². The van der Waals surface area contributed by atoms with Gasteiger partial charge in [-0.1, -0.05) is 6.08 Å². The van der Waals surface area contributed by atoms with E-state index in [1.54, 1.807) is 37.3 Å². The first kappa shape index (κ1) is 19.9. The van der Waals surface area contributed by atoms with Crippen LogP contribution < -0.4 is 19.7 Å². The van der Waals surface area contributed by atoms with Gasteiger partial charge in [0.15, 0.2) is 0 Å². The first-order chi connectivity index (χ1) is 14.0. The molecule has 3 rings (SSSR count). The highest BCUT2D eigenvalue weighted by molar-refractivity contribution is 6.38. The molecule has 150 valence electrons. The zero-order chi connectivity index (χ0) is 20.8. The van der Waals surface area contributed by atoms with Crippen LogP contribution in [0.5, 0.6) is 11.5 Å². The number of imide groups is 2. The van der Waals surface area contributed by atoms with Crippen molar-refractivity contribution in [1.29, 1.82) is 0 Å². The molecule has 1 aromatic heterocycles. The normalized spacial score (nSPS) is 15.9. The van der Waals surface area contributed by atoms with Gasteiger partial charge in [0.2, 0.25) is 0 Å². The Bertz CT molecular complexity index is 975. The van der Waals surface area contributed by atoms with E-state index in [4.69, 9.17) is 13.9 Å². The molecule has 1 aliphatic heterocycles. The van der Waals surface area contributed by atoms with Crippen molar-refractivity contribution in [2.45, 2.75) is 13.8 Å². The summed E-state index contributed by atoms with van der Waals surface area (Å²) in [5.74, 6) is -0.204. The molecule has 29 heavy (non-hydrogen) atoms. The summed E-state index contributed by atoms with van der Waals surface area (Å²) in [5.41, 5.74) is -0.00891. The summed E-state index contributed by atoms with van der Waals surface area (Å²) in [7, 11) is 0. The smallest absolute Gasteiger partial charge is 0.336 e. The molecule has 8 heteroatoms. The summed E-state index contributed by atoms with van der Waals surface area (Å²) < 4.78 is 16.2. The summed E-state index contributed by atoms with van der Waals surface area (Å²) in [4.78, 5) is 38.5. The lowest BCUT2D eigenvalue weighted by molar-refractivity contribution is -0.122. The average molecular weight is 396 g/mol. The highest BCUT2D eigenvalue weighted by Gasteiger charge is 2.38. The van der Waals surface area contributed by atoms with Crippen LogP contribution in [0.25, 0.3) is 6.08 Å². The largest absolute Gasteiger partial charge is 0.494 e. The average Bonchev–Trinajstić information content (AvgIpc) is 3.20. The van der Waals surface area contributed by atoms with Crippen molar-refractivity contribution < 1.29 is 28.3 Å². The van der Waals surface area contributed by atoms with E-state index in [1.807, 2.05) is 6.92 Å². The molecule has 1 aliphatic rings. The Balaban J connectivity index is 1.98. The number of hydrogen-bond donors (Lipinski definition) is 1. The van der Waals surface area contributed by atoms with E-state index < -0.39 is 17.8 Å². The van der Waals surface area contributed by atoms with E-state index in [1.165, 1.54) is 24.5 Å². The van der Waals surface area contributed by atoms with Crippen molar-refractivity contribution in [3.63, 3.8) is 0 Å². The SMILES string of the molecule is CCOc1ccc(OCC)c(N2C(=O)NC(=O)C(=CC=Cc3ccco3)C2=O)c1. The molecule has 1 fully saturated rings. The molecular weight excluding hydrogens is 376 g/mol. The van der Waals surface area contributed by atoms with Crippen LogP contribution in [0, 0.1) is 0 Å². The number of amides is 4. The Kier molecular flexibility index (Phi) is 6.13. The molecule has 0 unspecified atom stereocenters. The van der Waals surface area contributed by atoms with Crippen LogP contribution in [0.15, 0.2) is 58.7 Å². The third kappa shape index (κ3) is 4.37. The lowest BCUT2D eigenvalue weighted by Gasteiger charge is -2.28. The minimum absolute atomic E-state index is 0.189. The zero-order valence-corrected chi connectivity index (χ0v) is 16.0. The number of anilines is 1. The van der Waals surface area contributed by atoms with Crippen molar-refractivity contribution in [2.75, 3.05) is 18.1 Å². The highest BCUT2D eigenvalue weighted by Crippen LogP contribution is 2.34. The van der Waals surface area contributed by atoms with Gasteiger partial charge in [-0.25, -0.2) is 9.69 Å². The Morgan fingerprint density at radius 3 is 2.59 bits per heavy atom. The first-order valence-corrected chi connectivity index (χ1v) is 9.06. The van der Waals surface area contributed by atoms with Gasteiger partial charge in [0.1, 0.15) is 22.8 Å². The molecule has 4 amide bonds. The third-order valence-corrected chi connectivity index (χ3v) is 3.95. The van der Waals surface area contributed by atoms with Gasteiger partial charge in [0.05, 0.1) is 25.2 Å². The van der Waals surface area contributed by atoms with Crippen LogP contribution in [0.4, 0.5) is 10.5 Å². The lowest BCUT2D eigenvalue weighted by Crippen LogP contribution is -2.54. The second-order valence-electron chi connectivity index (χ2n) is 5.85. The Hall–Kier alpha value is -3.81. The number of barbiturate groups is 1. The summed E-state index contributed by atoms with van der Waals surface area (Å²) in [6, 6.07) is 7.40. The molecule has 2 aromatic rings. The van der Waals surface area contributed by atoms with Crippen LogP contribution in [-0.2, 0) is 9.59 Å². The number of carbonyl (C=O) groups excluding carboxylic acids is 3. The van der Waals surface area contributed by atoms with Crippen molar-refractivity contribution in [1.82, 2.24) is 5.32 Å². The minimum Gasteiger partial charge on any atom is -0.494 e. The van der Waals surface area contributed by atoms with Crippen LogP contribution in [-0.4, -0.2) is 31.1 Å². The molecule has 1 saturated heterocycles. The second-order valence-corrected chi connectivity index (χ2v) is 5.85. The molecule has 0 atom stereocenters. The summed E-state index contributed by atoms with van der Waals surface area (Å²) in [5, 5.41) is 2.18. The van der Waals surface area contributed by atoms with Gasteiger partial charge in [-0.3, -0.25) is 14.9 Å². The minimum atomic E-state index is -0.859. The lowest BCUT2D eigenvalue weighted by atomic mass is 10.1. The maximum Gasteiger partial charge on any atom is 0.336 e. The van der Waals surface area contributed by atoms with E-state index in [2.05, 4.69) is 5.32 Å². The fourth-order valence-corrected chi connectivity index (χ4v) is 2.73. The quantitative estimate of drug-likeness (QED) is 0.570. The van der Waals surface area contributed by atoms with E-state index in [-0.39, 0.29) is 11.3 Å². The summed E-state index contributed by atoms with van der Waals surface area (Å²) >= 11 is 0. The molecule has 0 aliphatic carbocycles. The molecule has 8 nitrogen and oxygen atoms in total. The fraction of sp³-hybridized carbons (Fsp3) is 0.190. The van der Waals surface area contributed by atoms with Crippen LogP contribution in [0.1, 0.15) is 19.6 Å². The topological polar surface area (TPSA) is 98.1 Å². The van der Waals surface area contributed by atoms with E-state index >= 15 is 0 Å². The van der Waals surface area contributed by atoms with E-state index in [0.29, 0.717) is 30.5 Å². The number of urea groups is 1. The number of rotatable bonds is 7. The second kappa shape index (κ2) is 8.92. The molecular formula is C21H20N2O6. The Morgan fingerprint density at radius 1 is 1.10 bits per heavy atom. The van der Waals surface area contributed by atoms with Crippen molar-refractivity contribution in [3.8, 4) is 11.5 Å². The molecule has 1 aromatic carbocycles. The van der Waals surface area contributed by atoms with E-state index in [9.17, 15) is 14.4 Å². The van der Waals surface area contributed by atoms with Crippen molar-refractivity contribution >= 4 is 29.6 Å². The molecule has 0 spiro atoms. The summed E-state index contributed by atoms with van der Waals surface area (Å²) in [6.45, 7) is 4.35. The first-order valence-electron chi connectivity index (χ1n) is 9.06. The number of benzene rings is 1. The number of hydrogen-bond acceptors (Lipinski definition) is 6. The fourth-order valence-electron chi connectivity index (χ4n) is 2.73. The summed E-state index contributed by atoms with van der Waals surface area (Å²) in [6.07, 6.45) is 5.92. The monoisotopic (exact) mass is 396 g/mol. The van der Waals surface area contributed by atoms with Gasteiger partial charge in [0, 0.05) is 6.07 Å².